The molecule has 3 amide bonds. The molecule has 0 bridgehead atoms. The summed E-state index contributed by atoms with van der Waals surface area (Å²) in [5.41, 5.74) is 14.3. The minimum atomic E-state index is -0.246. The molecule has 9 heterocycles. The van der Waals surface area contributed by atoms with Gasteiger partial charge in [0, 0.05) is 79.7 Å². The van der Waals surface area contributed by atoms with Gasteiger partial charge in [0.1, 0.15) is 43.7 Å². The van der Waals surface area contributed by atoms with Gasteiger partial charge in [-0.1, -0.05) is 56.3 Å². The summed E-state index contributed by atoms with van der Waals surface area (Å²) in [4.78, 5) is 53.0. The molecule has 10 aromatic rings. The fraction of sp³-hybridized carbons (Fsp3) is 0.304. The average molecular weight is 1220 g/mol. The molecule has 3 aliphatic rings. The van der Waals surface area contributed by atoms with E-state index in [4.69, 9.17) is 14.3 Å². The third kappa shape index (κ3) is 14.2. The molecule has 1 saturated heterocycles. The van der Waals surface area contributed by atoms with Crippen LogP contribution in [0.3, 0.4) is 0 Å². The first-order chi connectivity index (χ1) is 43.6. The summed E-state index contributed by atoms with van der Waals surface area (Å²) in [6, 6.07) is 38.4. The second-order valence-electron chi connectivity index (χ2n) is 22.7. The number of rotatable bonds is 15. The van der Waals surface area contributed by atoms with Crippen molar-refractivity contribution in [3.05, 3.63) is 220 Å². The van der Waals surface area contributed by atoms with Crippen LogP contribution in [0.4, 0.5) is 13.2 Å². The number of piperidine rings is 1. The molecule has 0 aliphatic carbocycles. The summed E-state index contributed by atoms with van der Waals surface area (Å²) in [6.45, 7) is 13.6. The number of aromatic nitrogens is 10. The van der Waals surface area contributed by atoms with Crippen LogP contribution in [0.2, 0.25) is 0 Å². The number of aryl methyl sites for hydroxylation is 5. The number of pyridine rings is 2. The Balaban J connectivity index is 0.000000139. The molecule has 1 fully saturated rings. The van der Waals surface area contributed by atoms with Crippen molar-refractivity contribution in [1.82, 2.24) is 64.2 Å². The Kier molecular flexibility index (Phi) is 19.0. The SMILES string of the molecule is CCc1cc(-c2ccc(F)c(C)c2)nn1CC(=O)N1CCC(c2nnc(COC)o2)CC1.CCc1cc(-c2ccc(F)c(C)c2)nn1CC(=O)N1Cc2cccnc2C1.Cc1cc(-c2cc(-c3ccccc3)n(CC(=O)N3Cc4cccnc4C3)n2)ccc1F. The lowest BCUT2D eigenvalue weighted by molar-refractivity contribution is -0.133. The lowest BCUT2D eigenvalue weighted by atomic mass is 9.97. The number of carbonyl (C=O) groups excluding carboxylic acids is 3. The maximum absolute atomic E-state index is 13.7. The van der Waals surface area contributed by atoms with Crippen molar-refractivity contribution < 1.29 is 36.7 Å². The normalized spacial score (nSPS) is 13.6. The Hall–Kier alpha value is -9.89. The predicted molar refractivity (Wildman–Crippen MR) is 332 cm³/mol. The van der Waals surface area contributed by atoms with Crippen LogP contribution in [0.1, 0.15) is 95.0 Å². The third-order valence-corrected chi connectivity index (χ3v) is 16.5. The molecule has 0 spiro atoms. The summed E-state index contributed by atoms with van der Waals surface area (Å²) in [7, 11) is 1.58. The number of nitrogens with zero attached hydrogens (tertiary/aromatic N) is 13. The van der Waals surface area contributed by atoms with Gasteiger partial charge in [0.15, 0.2) is 0 Å². The topological polar surface area (TPSA) is 188 Å². The molecule has 0 unspecified atom stereocenters. The lowest BCUT2D eigenvalue weighted by Gasteiger charge is -2.30. The number of fused-ring (bicyclic) bond motifs is 2. The molecule has 4 aromatic carbocycles. The van der Waals surface area contributed by atoms with Crippen molar-refractivity contribution in [2.24, 2.45) is 0 Å². The van der Waals surface area contributed by atoms with Crippen LogP contribution in [0.5, 0.6) is 0 Å². The average Bonchev–Trinajstić information content (AvgIpc) is 4.19. The number of halogens is 3. The lowest BCUT2D eigenvalue weighted by Crippen LogP contribution is -2.40. The highest BCUT2D eigenvalue weighted by Gasteiger charge is 2.30. The minimum absolute atomic E-state index is 0.0138. The van der Waals surface area contributed by atoms with Gasteiger partial charge < -0.3 is 23.9 Å². The summed E-state index contributed by atoms with van der Waals surface area (Å²) in [5, 5.41) is 22.1. The van der Waals surface area contributed by atoms with Crippen molar-refractivity contribution in [3.63, 3.8) is 0 Å². The number of methoxy groups -OCH3 is 1. The molecule has 462 valence electrons. The van der Waals surface area contributed by atoms with Gasteiger partial charge in [0.05, 0.1) is 47.3 Å². The number of benzene rings is 4. The van der Waals surface area contributed by atoms with E-state index in [-0.39, 0.29) is 60.7 Å². The van der Waals surface area contributed by atoms with Gasteiger partial charge in [0.2, 0.25) is 29.5 Å². The van der Waals surface area contributed by atoms with Crippen LogP contribution < -0.4 is 0 Å². The molecular formula is C69H70F3N13O5. The first kappa shape index (κ1) is 61.7. The zero-order chi connectivity index (χ0) is 63.0. The molecule has 13 rings (SSSR count). The van der Waals surface area contributed by atoms with E-state index in [9.17, 15) is 27.6 Å². The van der Waals surface area contributed by atoms with Crippen molar-refractivity contribution in [3.8, 4) is 45.0 Å². The minimum Gasteiger partial charge on any atom is -0.422 e. The van der Waals surface area contributed by atoms with Crippen LogP contribution >= 0.6 is 0 Å². The molecule has 0 N–H and O–H groups in total. The highest BCUT2D eigenvalue weighted by Crippen LogP contribution is 2.31. The van der Waals surface area contributed by atoms with Gasteiger partial charge >= 0.3 is 0 Å². The Bertz CT molecular complexity index is 4160. The summed E-state index contributed by atoms with van der Waals surface area (Å²) < 4.78 is 56.8. The number of hydrogen-bond donors (Lipinski definition) is 0. The molecule has 0 radical (unpaired) electrons. The highest BCUT2D eigenvalue weighted by molar-refractivity contribution is 5.79. The van der Waals surface area contributed by atoms with Crippen LogP contribution in [0.25, 0.3) is 45.0 Å². The first-order valence-electron chi connectivity index (χ1n) is 30.2. The van der Waals surface area contributed by atoms with E-state index in [0.29, 0.717) is 80.0 Å². The van der Waals surface area contributed by atoms with E-state index < -0.39 is 0 Å². The molecular weight excluding hydrogens is 1150 g/mol. The van der Waals surface area contributed by atoms with Gasteiger partial charge in [0.25, 0.3) is 0 Å². The highest BCUT2D eigenvalue weighted by atomic mass is 19.1. The molecule has 6 aromatic heterocycles. The zero-order valence-corrected chi connectivity index (χ0v) is 51.2. The van der Waals surface area contributed by atoms with E-state index in [1.165, 1.54) is 18.2 Å². The quantitative estimate of drug-likeness (QED) is 0.0946. The van der Waals surface area contributed by atoms with E-state index in [1.54, 1.807) is 101 Å². The number of ether oxygens (including phenoxy) is 1. The third-order valence-electron chi connectivity index (χ3n) is 16.5. The summed E-state index contributed by atoms with van der Waals surface area (Å²) in [6.07, 6.45) is 6.59. The second-order valence-corrected chi connectivity index (χ2v) is 22.7. The smallest absolute Gasteiger partial charge is 0.244 e. The maximum atomic E-state index is 13.7. The number of hydrogen-bond acceptors (Lipinski definition) is 12. The Labute approximate surface area is 520 Å². The first-order valence-corrected chi connectivity index (χ1v) is 30.2. The van der Waals surface area contributed by atoms with Crippen LogP contribution in [0.15, 0.2) is 144 Å². The molecule has 3 aliphatic heterocycles. The molecule has 0 saturated carbocycles. The van der Waals surface area contributed by atoms with Crippen molar-refractivity contribution in [2.75, 3.05) is 20.2 Å². The Morgan fingerprint density at radius 2 is 0.978 bits per heavy atom. The van der Waals surface area contributed by atoms with E-state index in [0.717, 1.165) is 98.9 Å². The second kappa shape index (κ2) is 27.7. The molecule has 0 atom stereocenters. The van der Waals surface area contributed by atoms with Crippen molar-refractivity contribution >= 4 is 17.7 Å². The number of likely N-dealkylation sites (tertiary alicyclic amines) is 1. The fourth-order valence-corrected chi connectivity index (χ4v) is 11.4. The molecule has 90 heavy (non-hydrogen) atoms. The molecule has 21 heteroatoms. The predicted octanol–water partition coefficient (Wildman–Crippen LogP) is 11.6. The monoisotopic (exact) mass is 1220 g/mol. The van der Waals surface area contributed by atoms with E-state index in [1.807, 2.05) is 91.5 Å². The van der Waals surface area contributed by atoms with Gasteiger partial charge in [-0.3, -0.25) is 38.4 Å². The van der Waals surface area contributed by atoms with Gasteiger partial charge in [-0.25, -0.2) is 13.2 Å². The standard InChI is InChI=1S/C25H21FN4O.C23H28FN5O3.C21H21FN4O/c1-17-12-19(9-10-21(17)26)22-13-24(18-6-3-2-4-7-18)30(28-22)16-25(31)29-14-20-8-5-11-27-23(20)15-29;1-4-18-12-20(17-5-6-19(24)15(2)11-17)27-29(18)13-22(30)28-9-7-16(8-10-28)23-26-25-21(32-23)14-31-3;1-3-17-10-19(15-6-7-18(22)14(2)9-15)24-26(17)13-21(27)25-11-16-5-4-8-23-20(16)12-25/h2-13H,14-16H2,1H3;5-6,11-12,16H,4,7-10,13-14H2,1-3H3;4-10H,3,11-13H2,1-2H3. The van der Waals surface area contributed by atoms with E-state index >= 15 is 0 Å². The van der Waals surface area contributed by atoms with Crippen LogP contribution in [-0.2, 0) is 84.4 Å². The maximum Gasteiger partial charge on any atom is 0.244 e. The van der Waals surface area contributed by atoms with E-state index in [2.05, 4.69) is 30.4 Å². The van der Waals surface area contributed by atoms with Gasteiger partial charge in [-0.15, -0.1) is 10.2 Å². The van der Waals surface area contributed by atoms with Crippen molar-refractivity contribution in [1.29, 1.82) is 0 Å². The van der Waals surface area contributed by atoms with Crippen LogP contribution in [0, 0.1) is 38.2 Å². The van der Waals surface area contributed by atoms with Gasteiger partial charge in [-0.2, -0.15) is 15.3 Å². The summed E-state index contributed by atoms with van der Waals surface area (Å²) in [5.74, 6) is 0.568. The number of carbonyl (C=O) groups is 3. The summed E-state index contributed by atoms with van der Waals surface area (Å²) >= 11 is 0. The Morgan fingerprint density at radius 3 is 1.43 bits per heavy atom. The van der Waals surface area contributed by atoms with Crippen molar-refractivity contribution in [2.45, 2.75) is 119 Å². The van der Waals surface area contributed by atoms with Gasteiger partial charge in [-0.05, 0) is 165 Å². The zero-order valence-electron chi connectivity index (χ0n) is 51.2. The fourth-order valence-electron chi connectivity index (χ4n) is 11.4. The molecule has 18 nitrogen and oxygen atoms in total. The Morgan fingerprint density at radius 1 is 0.522 bits per heavy atom. The largest absolute Gasteiger partial charge is 0.422 e. The number of amides is 3. The van der Waals surface area contributed by atoms with Crippen LogP contribution in [-0.4, -0.2) is 102 Å².